The third-order valence-electron chi connectivity index (χ3n) is 2.78. The summed E-state index contributed by atoms with van der Waals surface area (Å²) >= 11 is 0. The maximum atomic E-state index is 12.0. The maximum Gasteiger partial charge on any atom is 0.354 e. The fraction of sp³-hybridized carbons (Fsp3) is 0.778. The van der Waals surface area contributed by atoms with Crippen LogP contribution in [0.1, 0.15) is 27.2 Å². The predicted octanol–water partition coefficient (Wildman–Crippen LogP) is 1.53. The van der Waals surface area contributed by atoms with Crippen LogP contribution in [0.5, 0.6) is 0 Å². The van der Waals surface area contributed by atoms with Crippen molar-refractivity contribution < 1.29 is 24.2 Å². The molecule has 0 rings (SSSR count). The molecular formula is C9H18NO5P. The Morgan fingerprint density at radius 1 is 1.50 bits per heavy atom. The zero-order valence-corrected chi connectivity index (χ0v) is 10.8. The van der Waals surface area contributed by atoms with Crippen LogP contribution in [0.15, 0.2) is 5.16 Å². The summed E-state index contributed by atoms with van der Waals surface area (Å²) < 4.78 is 12.0. The number of rotatable bonds is 6. The van der Waals surface area contributed by atoms with E-state index >= 15 is 0 Å². The number of aliphatic carboxylic acids is 1. The average molecular weight is 251 g/mol. The minimum atomic E-state index is -3.63. The Bertz CT molecular complexity index is 341. The predicted molar refractivity (Wildman–Crippen MR) is 61.1 cm³/mol. The van der Waals surface area contributed by atoms with Gasteiger partial charge in [-0.15, -0.1) is 0 Å². The molecule has 0 fully saturated rings. The number of hydrogen-bond acceptors (Lipinski definition) is 4. The largest absolute Gasteiger partial charge is 0.477 e. The van der Waals surface area contributed by atoms with Crippen molar-refractivity contribution in [1.82, 2.24) is 0 Å². The van der Waals surface area contributed by atoms with Crippen LogP contribution in [0.3, 0.4) is 0 Å². The average Bonchev–Trinajstić information content (AvgIpc) is 2.24. The molecule has 0 radical (unpaired) electrons. The van der Waals surface area contributed by atoms with Gasteiger partial charge in [0.05, 0.1) is 5.16 Å². The molecule has 0 saturated carbocycles. The number of hydrogen-bond donors (Lipinski definition) is 2. The second-order valence-corrected chi connectivity index (χ2v) is 6.60. The van der Waals surface area contributed by atoms with Gasteiger partial charge in [0.25, 0.3) is 0 Å². The summed E-state index contributed by atoms with van der Waals surface area (Å²) in [4.78, 5) is 25.3. The van der Waals surface area contributed by atoms with E-state index in [-0.39, 0.29) is 12.6 Å². The number of carbonyl (C=O) groups is 1. The van der Waals surface area contributed by atoms with Crippen LogP contribution in [-0.2, 0) is 14.2 Å². The topological polar surface area (TPSA) is 96.2 Å². The fourth-order valence-electron chi connectivity index (χ4n) is 1.39. The first-order valence-electron chi connectivity index (χ1n) is 4.93. The van der Waals surface area contributed by atoms with E-state index in [1.54, 1.807) is 13.8 Å². The van der Waals surface area contributed by atoms with Crippen molar-refractivity contribution in [3.63, 3.8) is 0 Å². The zero-order chi connectivity index (χ0) is 13.0. The van der Waals surface area contributed by atoms with Crippen molar-refractivity contribution in [2.45, 2.75) is 32.3 Å². The normalized spacial score (nSPS) is 19.7. The van der Waals surface area contributed by atoms with Crippen LogP contribution >= 0.6 is 7.37 Å². The van der Waals surface area contributed by atoms with Crippen molar-refractivity contribution in [2.75, 3.05) is 13.3 Å². The lowest BCUT2D eigenvalue weighted by Crippen LogP contribution is -2.40. The highest BCUT2D eigenvalue weighted by Crippen LogP contribution is 2.56. The highest BCUT2D eigenvalue weighted by molar-refractivity contribution is 7.61. The van der Waals surface area contributed by atoms with Gasteiger partial charge < -0.3 is 14.8 Å². The zero-order valence-electron chi connectivity index (χ0n) is 9.93. The first-order valence-corrected chi connectivity index (χ1v) is 6.78. The Balaban J connectivity index is 5.64. The molecule has 0 spiro atoms. The molecule has 6 nitrogen and oxygen atoms in total. The van der Waals surface area contributed by atoms with E-state index in [4.69, 9.17) is 5.11 Å². The summed E-state index contributed by atoms with van der Waals surface area (Å²) in [6.07, 6.45) is 0.191. The maximum absolute atomic E-state index is 12.0. The van der Waals surface area contributed by atoms with Crippen LogP contribution < -0.4 is 0 Å². The first kappa shape index (κ1) is 15.1. The van der Waals surface area contributed by atoms with E-state index in [1.807, 2.05) is 0 Å². The van der Waals surface area contributed by atoms with Gasteiger partial charge in [-0.3, -0.25) is 4.57 Å². The van der Waals surface area contributed by atoms with Crippen molar-refractivity contribution in [3.8, 4) is 0 Å². The molecule has 0 aliphatic carbocycles. The Kier molecular flexibility index (Phi) is 5.16. The summed E-state index contributed by atoms with van der Waals surface area (Å²) in [5.74, 6) is -1.34. The standard InChI is InChI=1S/C9H18NO5P/c1-5-9(3,16(13,14)6-2)7(8(11)12)10-15-4/h5-6H2,1-4H3,(H,11,12)(H,13,14). The minimum Gasteiger partial charge on any atom is -0.477 e. The van der Waals surface area contributed by atoms with E-state index in [0.29, 0.717) is 0 Å². The SMILES string of the molecule is CCC(C)(C(=NOC)C(=O)O)P(=O)(O)CC. The summed E-state index contributed by atoms with van der Waals surface area (Å²) in [7, 11) is -2.43. The van der Waals surface area contributed by atoms with E-state index < -0.39 is 24.2 Å². The molecule has 0 aromatic heterocycles. The molecule has 0 aliphatic rings. The molecular weight excluding hydrogens is 233 g/mol. The van der Waals surface area contributed by atoms with Gasteiger partial charge in [0, 0.05) is 6.16 Å². The molecule has 2 unspecified atom stereocenters. The Hall–Kier alpha value is -0.870. The molecule has 0 amide bonds. The van der Waals surface area contributed by atoms with E-state index in [0.717, 1.165) is 0 Å². The highest BCUT2D eigenvalue weighted by atomic mass is 31.2. The van der Waals surface area contributed by atoms with Gasteiger partial charge >= 0.3 is 5.97 Å². The van der Waals surface area contributed by atoms with Gasteiger partial charge in [0.15, 0.2) is 5.71 Å². The highest BCUT2D eigenvalue weighted by Gasteiger charge is 2.48. The van der Waals surface area contributed by atoms with Gasteiger partial charge in [-0.2, -0.15) is 0 Å². The molecule has 0 aliphatic heterocycles. The van der Waals surface area contributed by atoms with E-state index in [1.165, 1.54) is 14.0 Å². The molecule has 2 N–H and O–H groups in total. The van der Waals surface area contributed by atoms with Crippen LogP contribution in [0.4, 0.5) is 0 Å². The quantitative estimate of drug-likeness (QED) is 0.424. The van der Waals surface area contributed by atoms with Crippen molar-refractivity contribution in [2.24, 2.45) is 5.16 Å². The van der Waals surface area contributed by atoms with Crippen LogP contribution in [0.25, 0.3) is 0 Å². The van der Waals surface area contributed by atoms with Gasteiger partial charge in [0.1, 0.15) is 7.11 Å². The van der Waals surface area contributed by atoms with Crippen LogP contribution in [0, 0.1) is 0 Å². The molecule has 0 aromatic carbocycles. The Labute approximate surface area is 94.7 Å². The summed E-state index contributed by atoms with van der Waals surface area (Å²) in [6, 6.07) is 0. The van der Waals surface area contributed by atoms with Crippen molar-refractivity contribution in [1.29, 1.82) is 0 Å². The molecule has 0 bridgehead atoms. The smallest absolute Gasteiger partial charge is 0.354 e. The molecule has 0 aromatic rings. The van der Waals surface area contributed by atoms with Crippen molar-refractivity contribution in [3.05, 3.63) is 0 Å². The van der Waals surface area contributed by atoms with Gasteiger partial charge in [-0.25, -0.2) is 4.79 Å². The van der Waals surface area contributed by atoms with Gasteiger partial charge in [-0.05, 0) is 13.3 Å². The second-order valence-electron chi connectivity index (χ2n) is 3.57. The lowest BCUT2D eigenvalue weighted by Gasteiger charge is -2.31. The van der Waals surface area contributed by atoms with Gasteiger partial charge in [-0.1, -0.05) is 19.0 Å². The molecule has 94 valence electrons. The molecule has 0 heterocycles. The van der Waals surface area contributed by atoms with Crippen LogP contribution in [0.2, 0.25) is 0 Å². The summed E-state index contributed by atoms with van der Waals surface area (Å²) in [5, 5.41) is 11.0. The third-order valence-corrected chi connectivity index (χ3v) is 5.71. The molecule has 0 saturated heterocycles. The monoisotopic (exact) mass is 251 g/mol. The number of carboxylic acid groups (broad SMARTS) is 1. The number of carboxylic acids is 1. The summed E-state index contributed by atoms with van der Waals surface area (Å²) in [6.45, 7) is 4.61. The van der Waals surface area contributed by atoms with Crippen LogP contribution in [-0.4, -0.2) is 40.1 Å². The lowest BCUT2D eigenvalue weighted by molar-refractivity contribution is -0.129. The summed E-state index contributed by atoms with van der Waals surface area (Å²) in [5.41, 5.74) is -0.412. The van der Waals surface area contributed by atoms with E-state index in [2.05, 4.69) is 9.99 Å². The van der Waals surface area contributed by atoms with E-state index in [9.17, 15) is 14.3 Å². The Morgan fingerprint density at radius 3 is 2.25 bits per heavy atom. The number of oxime groups is 1. The van der Waals surface area contributed by atoms with Gasteiger partial charge in [0.2, 0.25) is 7.37 Å². The minimum absolute atomic E-state index is 0.00659. The second kappa shape index (κ2) is 5.46. The molecule has 16 heavy (non-hydrogen) atoms. The Morgan fingerprint density at radius 2 is 2.00 bits per heavy atom. The lowest BCUT2D eigenvalue weighted by atomic mass is 10.0. The third kappa shape index (κ3) is 2.62. The molecule has 2 atom stereocenters. The number of nitrogens with zero attached hydrogens (tertiary/aromatic N) is 1. The van der Waals surface area contributed by atoms with Crippen molar-refractivity contribution >= 4 is 19.0 Å². The molecule has 7 heteroatoms. The fourth-order valence-corrected chi connectivity index (χ4v) is 3.05. The first-order chi connectivity index (χ1) is 7.26.